The van der Waals surface area contributed by atoms with Gasteiger partial charge in [0.25, 0.3) is 0 Å². The molecule has 0 aliphatic rings. The number of ether oxygens (including phenoxy) is 1. The lowest BCUT2D eigenvalue weighted by Gasteiger charge is -2.15. The van der Waals surface area contributed by atoms with E-state index in [2.05, 4.69) is 15.5 Å². The Kier molecular flexibility index (Phi) is 6.69. The number of aromatic nitrogens is 3. The van der Waals surface area contributed by atoms with Gasteiger partial charge in [-0.05, 0) is 36.1 Å². The maximum absolute atomic E-state index is 12.7. The predicted octanol–water partition coefficient (Wildman–Crippen LogP) is 4.80. The van der Waals surface area contributed by atoms with Crippen molar-refractivity contribution in [3.05, 3.63) is 77.7 Å². The lowest BCUT2D eigenvalue weighted by atomic mass is 10.2. The molecule has 0 radical (unpaired) electrons. The summed E-state index contributed by atoms with van der Waals surface area (Å²) in [7, 11) is 1.64. The van der Waals surface area contributed by atoms with Crippen LogP contribution in [0.1, 0.15) is 12.5 Å². The number of carbonyl (C=O) groups is 1. The Labute approximate surface area is 189 Å². The van der Waals surface area contributed by atoms with E-state index in [-0.39, 0.29) is 11.2 Å². The van der Waals surface area contributed by atoms with Crippen LogP contribution in [0.5, 0.6) is 5.75 Å². The molecule has 4 rings (SSSR count). The number of benzene rings is 2. The second kappa shape index (κ2) is 9.80. The van der Waals surface area contributed by atoms with Crippen LogP contribution in [0.25, 0.3) is 16.4 Å². The van der Waals surface area contributed by atoms with Crippen LogP contribution in [-0.2, 0) is 11.3 Å². The van der Waals surface area contributed by atoms with Gasteiger partial charge in [-0.2, -0.15) is 0 Å². The molecular weight excluding hydrogens is 428 g/mol. The minimum atomic E-state index is -0.349. The number of methoxy groups -OCH3 is 1. The zero-order chi connectivity index (χ0) is 21.6. The molecule has 0 aliphatic carbocycles. The average molecular weight is 451 g/mol. The summed E-state index contributed by atoms with van der Waals surface area (Å²) in [6.45, 7) is 2.36. The van der Waals surface area contributed by atoms with Gasteiger partial charge in [0.2, 0.25) is 5.91 Å². The fourth-order valence-corrected chi connectivity index (χ4v) is 4.67. The summed E-state index contributed by atoms with van der Waals surface area (Å²) in [4.78, 5) is 13.7. The summed E-state index contributed by atoms with van der Waals surface area (Å²) >= 11 is 2.96. The Morgan fingerprint density at radius 3 is 2.61 bits per heavy atom. The van der Waals surface area contributed by atoms with Gasteiger partial charge >= 0.3 is 0 Å². The van der Waals surface area contributed by atoms with E-state index in [4.69, 9.17) is 4.74 Å². The Balaban J connectivity index is 1.60. The largest absolute Gasteiger partial charge is 0.495 e. The zero-order valence-corrected chi connectivity index (χ0v) is 18.8. The highest BCUT2D eigenvalue weighted by Crippen LogP contribution is 2.35. The summed E-state index contributed by atoms with van der Waals surface area (Å²) in [6, 6.07) is 21.6. The molecule has 1 amide bonds. The second-order valence-electron chi connectivity index (χ2n) is 6.75. The summed E-state index contributed by atoms with van der Waals surface area (Å²) in [5.41, 5.74) is 1.89. The molecule has 0 bridgehead atoms. The van der Waals surface area contributed by atoms with Crippen molar-refractivity contribution < 1.29 is 9.53 Å². The Morgan fingerprint density at radius 1 is 1.10 bits per heavy atom. The topological polar surface area (TPSA) is 69.0 Å². The first-order valence-electron chi connectivity index (χ1n) is 9.78. The number of nitrogens with one attached hydrogen (secondary N) is 1. The predicted molar refractivity (Wildman–Crippen MR) is 125 cm³/mol. The van der Waals surface area contributed by atoms with E-state index in [9.17, 15) is 4.79 Å². The van der Waals surface area contributed by atoms with Crippen LogP contribution < -0.4 is 10.1 Å². The van der Waals surface area contributed by atoms with Crippen molar-refractivity contribution in [2.24, 2.45) is 0 Å². The molecule has 2 heterocycles. The molecule has 0 saturated heterocycles. The van der Waals surface area contributed by atoms with Crippen LogP contribution >= 0.6 is 23.1 Å². The number of nitrogens with zero attached hydrogens (tertiary/aromatic N) is 3. The average Bonchev–Trinajstić information content (AvgIpc) is 3.48. The molecule has 158 valence electrons. The van der Waals surface area contributed by atoms with E-state index >= 15 is 0 Å². The molecule has 2 aromatic heterocycles. The number of para-hydroxylation sites is 2. The molecule has 1 N–H and O–H groups in total. The molecular formula is C23H22N4O2S2. The number of rotatable bonds is 8. The van der Waals surface area contributed by atoms with E-state index in [1.54, 1.807) is 18.4 Å². The molecule has 8 heteroatoms. The third-order valence-electron chi connectivity index (χ3n) is 4.66. The van der Waals surface area contributed by atoms with Crippen molar-refractivity contribution in [3.63, 3.8) is 0 Å². The molecule has 1 atom stereocenters. The maximum atomic E-state index is 12.7. The van der Waals surface area contributed by atoms with Crippen LogP contribution in [0, 0.1) is 0 Å². The number of thiophene rings is 1. The van der Waals surface area contributed by atoms with Crippen molar-refractivity contribution in [2.45, 2.75) is 23.9 Å². The highest BCUT2D eigenvalue weighted by atomic mass is 32.2. The van der Waals surface area contributed by atoms with Gasteiger partial charge in [-0.3, -0.25) is 9.36 Å². The van der Waals surface area contributed by atoms with Gasteiger partial charge in [0.1, 0.15) is 5.75 Å². The smallest absolute Gasteiger partial charge is 0.233 e. The fourth-order valence-electron chi connectivity index (χ4n) is 3.08. The van der Waals surface area contributed by atoms with E-state index in [0.29, 0.717) is 17.5 Å². The van der Waals surface area contributed by atoms with Crippen molar-refractivity contribution in [1.29, 1.82) is 0 Å². The number of carbonyl (C=O) groups excluding carboxylic acids is 1. The van der Waals surface area contributed by atoms with Gasteiger partial charge in [-0.25, -0.2) is 0 Å². The van der Waals surface area contributed by atoms with Crippen LogP contribution in [0.3, 0.4) is 0 Å². The molecule has 6 nitrogen and oxygen atoms in total. The van der Waals surface area contributed by atoms with Crippen LogP contribution in [0.4, 0.5) is 0 Å². The van der Waals surface area contributed by atoms with E-state index in [0.717, 1.165) is 22.0 Å². The van der Waals surface area contributed by atoms with Gasteiger partial charge in [0, 0.05) is 6.54 Å². The van der Waals surface area contributed by atoms with Crippen LogP contribution in [-0.4, -0.2) is 33.0 Å². The molecule has 31 heavy (non-hydrogen) atoms. The van der Waals surface area contributed by atoms with Crippen LogP contribution in [0.15, 0.2) is 77.3 Å². The SMILES string of the molecule is COc1ccccc1-n1c(SC(C)C(=O)NCc2ccccc2)nnc1-c1cccs1. The van der Waals surface area contributed by atoms with Gasteiger partial charge < -0.3 is 10.1 Å². The first-order valence-corrected chi connectivity index (χ1v) is 11.5. The summed E-state index contributed by atoms with van der Waals surface area (Å²) < 4.78 is 7.53. The van der Waals surface area contributed by atoms with Crippen molar-refractivity contribution in [3.8, 4) is 22.1 Å². The first-order chi connectivity index (χ1) is 15.2. The third kappa shape index (κ3) is 4.81. The molecule has 0 saturated carbocycles. The zero-order valence-electron chi connectivity index (χ0n) is 17.2. The summed E-state index contributed by atoms with van der Waals surface area (Å²) in [5, 5.41) is 14.1. The Morgan fingerprint density at radius 2 is 1.87 bits per heavy atom. The normalized spacial score (nSPS) is 11.8. The molecule has 2 aromatic carbocycles. The molecule has 0 fully saturated rings. The molecule has 4 aromatic rings. The lowest BCUT2D eigenvalue weighted by molar-refractivity contribution is -0.120. The molecule has 0 spiro atoms. The van der Waals surface area contributed by atoms with Crippen molar-refractivity contribution >= 4 is 29.0 Å². The summed E-state index contributed by atoms with van der Waals surface area (Å²) in [5.74, 6) is 1.38. The van der Waals surface area contributed by atoms with Gasteiger partial charge in [-0.1, -0.05) is 60.3 Å². The second-order valence-corrected chi connectivity index (χ2v) is 9.01. The van der Waals surface area contributed by atoms with Crippen molar-refractivity contribution in [1.82, 2.24) is 20.1 Å². The Hall–Kier alpha value is -3.10. The lowest BCUT2D eigenvalue weighted by Crippen LogP contribution is -2.30. The highest BCUT2D eigenvalue weighted by molar-refractivity contribution is 8.00. The quantitative estimate of drug-likeness (QED) is 0.391. The highest BCUT2D eigenvalue weighted by Gasteiger charge is 2.23. The maximum Gasteiger partial charge on any atom is 0.233 e. The minimum absolute atomic E-state index is 0.0545. The number of amides is 1. The number of hydrogen-bond acceptors (Lipinski definition) is 6. The number of thioether (sulfide) groups is 1. The molecule has 0 aliphatic heterocycles. The standard InChI is InChI=1S/C23H22N4O2S2/c1-16(22(28)24-15-17-9-4-3-5-10-17)31-23-26-25-21(20-13-8-14-30-20)27(23)18-11-6-7-12-19(18)29-2/h3-14,16H,15H2,1-2H3,(H,24,28). The molecule has 1 unspecified atom stereocenters. The first kappa shape index (κ1) is 21.1. The third-order valence-corrected chi connectivity index (χ3v) is 6.57. The monoisotopic (exact) mass is 450 g/mol. The summed E-state index contributed by atoms with van der Waals surface area (Å²) in [6.07, 6.45) is 0. The van der Waals surface area contributed by atoms with Gasteiger partial charge in [-0.15, -0.1) is 21.5 Å². The fraction of sp³-hybridized carbons (Fsp3) is 0.174. The Bertz CT molecular complexity index is 1140. The van der Waals surface area contributed by atoms with Gasteiger partial charge in [0.05, 0.1) is 22.9 Å². The number of hydrogen-bond donors (Lipinski definition) is 1. The van der Waals surface area contributed by atoms with Crippen molar-refractivity contribution in [2.75, 3.05) is 7.11 Å². The van der Waals surface area contributed by atoms with E-state index in [1.165, 1.54) is 11.8 Å². The van der Waals surface area contributed by atoms with Crippen LogP contribution in [0.2, 0.25) is 0 Å². The van der Waals surface area contributed by atoms with E-state index in [1.807, 2.05) is 83.6 Å². The minimum Gasteiger partial charge on any atom is -0.495 e. The van der Waals surface area contributed by atoms with Gasteiger partial charge in [0.15, 0.2) is 11.0 Å². The van der Waals surface area contributed by atoms with E-state index < -0.39 is 0 Å².